The van der Waals surface area contributed by atoms with Crippen LogP contribution in [0.5, 0.6) is 0 Å². The van der Waals surface area contributed by atoms with Crippen molar-refractivity contribution in [3.63, 3.8) is 0 Å². The van der Waals surface area contributed by atoms with Crippen molar-refractivity contribution in [2.75, 3.05) is 6.54 Å². The van der Waals surface area contributed by atoms with Gasteiger partial charge in [0.15, 0.2) is 0 Å². The largest absolute Gasteiger partial charge is 0.353 e. The molecule has 0 saturated heterocycles. The van der Waals surface area contributed by atoms with Gasteiger partial charge in [0.1, 0.15) is 0 Å². The van der Waals surface area contributed by atoms with Gasteiger partial charge in [-0.2, -0.15) is 0 Å². The number of carbonyl (C=O) groups is 1. The number of nitrogens with one attached hydrogen (secondary N) is 1. The smallest absolute Gasteiger partial charge is 0.226 e. The first-order valence-electron chi connectivity index (χ1n) is 7.60. The van der Waals surface area contributed by atoms with Crippen LogP contribution in [0.3, 0.4) is 0 Å². The van der Waals surface area contributed by atoms with Gasteiger partial charge < -0.3 is 9.88 Å². The fraction of sp³-hybridized carbons (Fsp3) is 0.412. The number of halogens is 1. The summed E-state index contributed by atoms with van der Waals surface area (Å²) in [6, 6.07) is 7.74. The molecule has 0 bridgehead atoms. The first-order valence-corrected chi connectivity index (χ1v) is 7.97. The molecule has 0 spiro atoms. The molecule has 1 aromatic carbocycles. The summed E-state index contributed by atoms with van der Waals surface area (Å²) in [7, 11) is 0. The van der Waals surface area contributed by atoms with E-state index < -0.39 is 0 Å². The third kappa shape index (κ3) is 3.02. The molecule has 1 aromatic heterocycles. The summed E-state index contributed by atoms with van der Waals surface area (Å²) in [5, 5.41) is 3.81. The van der Waals surface area contributed by atoms with Crippen LogP contribution in [-0.2, 0) is 4.79 Å². The highest BCUT2D eigenvalue weighted by Gasteiger charge is 2.39. The van der Waals surface area contributed by atoms with Crippen molar-refractivity contribution in [1.29, 1.82) is 0 Å². The molecule has 1 aliphatic rings. The molecule has 1 N–H and O–H groups in total. The molecule has 116 valence electrons. The van der Waals surface area contributed by atoms with Crippen molar-refractivity contribution >= 4 is 17.5 Å². The average Bonchev–Trinajstić information content (AvgIpc) is 3.00. The summed E-state index contributed by atoms with van der Waals surface area (Å²) < 4.78 is 2.01. The summed E-state index contributed by atoms with van der Waals surface area (Å²) in [6.07, 6.45) is 8.54. The molecule has 2 aromatic rings. The molecule has 1 atom stereocenters. The van der Waals surface area contributed by atoms with E-state index in [2.05, 4.69) is 10.3 Å². The van der Waals surface area contributed by atoms with E-state index in [4.69, 9.17) is 11.6 Å². The lowest BCUT2D eigenvalue weighted by Gasteiger charge is -2.37. The van der Waals surface area contributed by atoms with Crippen molar-refractivity contribution in [2.45, 2.75) is 32.2 Å². The molecule has 3 rings (SSSR count). The van der Waals surface area contributed by atoms with Crippen LogP contribution in [0.4, 0.5) is 0 Å². The molecular formula is C17H20ClN3O. The fourth-order valence-electron chi connectivity index (χ4n) is 2.87. The molecule has 0 aliphatic heterocycles. The molecule has 4 nitrogen and oxygen atoms in total. The van der Waals surface area contributed by atoms with Crippen molar-refractivity contribution in [3.05, 3.63) is 53.6 Å². The summed E-state index contributed by atoms with van der Waals surface area (Å²) in [5.41, 5.74) is 0.918. The zero-order valence-electron chi connectivity index (χ0n) is 12.6. The van der Waals surface area contributed by atoms with Gasteiger partial charge >= 0.3 is 0 Å². The van der Waals surface area contributed by atoms with Crippen LogP contribution in [0, 0.1) is 5.41 Å². The first kappa shape index (κ1) is 15.1. The van der Waals surface area contributed by atoms with Crippen LogP contribution in [-0.4, -0.2) is 22.0 Å². The molecule has 22 heavy (non-hydrogen) atoms. The standard InChI is InChI=1S/C17H20ClN3O/c1-17(7-2-8-17)16(22)20-11-15(21-10-9-19-12-21)13-3-5-14(18)6-4-13/h3-6,9-10,12,15H,2,7-8,11H2,1H3,(H,20,22)/t15-/m0/s1. The van der Waals surface area contributed by atoms with Crippen LogP contribution in [0.25, 0.3) is 0 Å². The third-order valence-corrected chi connectivity index (χ3v) is 4.85. The number of rotatable bonds is 5. The van der Waals surface area contributed by atoms with E-state index in [1.54, 1.807) is 12.5 Å². The minimum atomic E-state index is -0.181. The van der Waals surface area contributed by atoms with Gasteiger partial charge in [-0.25, -0.2) is 4.98 Å². The molecule has 1 heterocycles. The van der Waals surface area contributed by atoms with Crippen molar-refractivity contribution < 1.29 is 4.79 Å². The Balaban J connectivity index is 1.75. The van der Waals surface area contributed by atoms with Gasteiger partial charge in [-0.1, -0.05) is 37.1 Å². The van der Waals surface area contributed by atoms with E-state index in [-0.39, 0.29) is 17.4 Å². The molecule has 5 heteroatoms. The predicted molar refractivity (Wildman–Crippen MR) is 86.8 cm³/mol. The van der Waals surface area contributed by atoms with Gasteiger partial charge in [0.05, 0.1) is 12.4 Å². The SMILES string of the molecule is CC1(C(=O)NC[C@@H](c2ccc(Cl)cc2)n2ccnc2)CCC1. The molecule has 1 saturated carbocycles. The molecule has 0 unspecified atom stereocenters. The lowest BCUT2D eigenvalue weighted by molar-refractivity contribution is -0.134. The van der Waals surface area contributed by atoms with Crippen LogP contribution in [0.1, 0.15) is 37.8 Å². The Labute approximate surface area is 135 Å². The Hall–Kier alpha value is -1.81. The van der Waals surface area contributed by atoms with E-state index >= 15 is 0 Å². The Kier molecular flexibility index (Phi) is 4.21. The second-order valence-electron chi connectivity index (χ2n) is 6.20. The van der Waals surface area contributed by atoms with Crippen LogP contribution >= 0.6 is 11.6 Å². The van der Waals surface area contributed by atoms with E-state index in [9.17, 15) is 4.79 Å². The van der Waals surface area contributed by atoms with Gasteiger partial charge in [0.2, 0.25) is 5.91 Å². The Morgan fingerprint density at radius 3 is 2.68 bits per heavy atom. The summed E-state index contributed by atoms with van der Waals surface area (Å²) >= 11 is 5.97. The lowest BCUT2D eigenvalue weighted by Crippen LogP contribution is -2.45. The second-order valence-corrected chi connectivity index (χ2v) is 6.64. The number of carbonyl (C=O) groups excluding carboxylic acids is 1. The quantitative estimate of drug-likeness (QED) is 0.918. The first-order chi connectivity index (χ1) is 10.6. The molecule has 1 amide bonds. The van der Waals surface area contributed by atoms with Gasteiger partial charge in [-0.15, -0.1) is 0 Å². The molecule has 1 aliphatic carbocycles. The monoisotopic (exact) mass is 317 g/mol. The number of imidazole rings is 1. The number of nitrogens with zero attached hydrogens (tertiary/aromatic N) is 2. The van der Waals surface area contributed by atoms with E-state index in [1.165, 1.54) is 0 Å². The lowest BCUT2D eigenvalue weighted by atomic mass is 9.70. The molecule has 0 radical (unpaired) electrons. The third-order valence-electron chi connectivity index (χ3n) is 4.60. The van der Waals surface area contributed by atoms with Crippen molar-refractivity contribution in [2.24, 2.45) is 5.41 Å². The van der Waals surface area contributed by atoms with Crippen LogP contribution < -0.4 is 5.32 Å². The number of benzene rings is 1. The van der Waals surface area contributed by atoms with E-state index in [0.717, 1.165) is 24.8 Å². The number of amides is 1. The second kappa shape index (κ2) is 6.13. The normalized spacial score (nSPS) is 17.5. The minimum Gasteiger partial charge on any atom is -0.353 e. The van der Waals surface area contributed by atoms with Crippen molar-refractivity contribution in [3.8, 4) is 0 Å². The highest BCUT2D eigenvalue weighted by molar-refractivity contribution is 6.30. The topological polar surface area (TPSA) is 46.9 Å². The van der Waals surface area contributed by atoms with Gasteiger partial charge in [0, 0.05) is 29.4 Å². The van der Waals surface area contributed by atoms with Crippen molar-refractivity contribution in [1.82, 2.24) is 14.9 Å². The van der Waals surface area contributed by atoms with Crippen LogP contribution in [0.15, 0.2) is 43.0 Å². The predicted octanol–water partition coefficient (Wildman–Crippen LogP) is 3.43. The minimum absolute atomic E-state index is 0.0207. The zero-order chi connectivity index (χ0) is 15.6. The molecular weight excluding hydrogens is 298 g/mol. The Morgan fingerprint density at radius 1 is 1.41 bits per heavy atom. The number of aromatic nitrogens is 2. The van der Waals surface area contributed by atoms with Gasteiger partial charge in [0.25, 0.3) is 0 Å². The van der Waals surface area contributed by atoms with E-state index in [1.807, 2.05) is 42.0 Å². The fourth-order valence-corrected chi connectivity index (χ4v) is 3.00. The maximum Gasteiger partial charge on any atom is 0.226 e. The summed E-state index contributed by atoms with van der Waals surface area (Å²) in [5.74, 6) is 0.151. The highest BCUT2D eigenvalue weighted by Crippen LogP contribution is 2.40. The Bertz CT molecular complexity index is 632. The van der Waals surface area contributed by atoms with E-state index in [0.29, 0.717) is 11.6 Å². The number of hydrogen-bond donors (Lipinski definition) is 1. The summed E-state index contributed by atoms with van der Waals surface area (Å²) in [4.78, 5) is 16.5. The summed E-state index contributed by atoms with van der Waals surface area (Å²) in [6.45, 7) is 2.59. The Morgan fingerprint density at radius 2 is 2.14 bits per heavy atom. The maximum absolute atomic E-state index is 12.3. The van der Waals surface area contributed by atoms with Gasteiger partial charge in [-0.05, 0) is 30.5 Å². The molecule has 1 fully saturated rings. The van der Waals surface area contributed by atoms with Gasteiger partial charge in [-0.3, -0.25) is 4.79 Å². The van der Waals surface area contributed by atoms with Crippen LogP contribution in [0.2, 0.25) is 5.02 Å². The highest BCUT2D eigenvalue weighted by atomic mass is 35.5. The maximum atomic E-state index is 12.3. The number of hydrogen-bond acceptors (Lipinski definition) is 2. The average molecular weight is 318 g/mol. The zero-order valence-corrected chi connectivity index (χ0v) is 13.4.